The molecule has 0 aliphatic heterocycles. The summed E-state index contributed by atoms with van der Waals surface area (Å²) in [6.45, 7) is 0. The molecule has 1 aliphatic carbocycles. The van der Waals surface area contributed by atoms with E-state index in [1.54, 1.807) is 6.08 Å². The third kappa shape index (κ3) is 1.27. The molecule has 0 aromatic rings. The Bertz CT molecular complexity index is 145. The van der Waals surface area contributed by atoms with Gasteiger partial charge in [0.2, 0.25) is 0 Å². The van der Waals surface area contributed by atoms with E-state index in [9.17, 15) is 0 Å². The van der Waals surface area contributed by atoms with Crippen molar-refractivity contribution in [3.8, 4) is 0 Å². The number of rotatable bonds is 0. The highest BCUT2D eigenvalue weighted by Gasteiger charge is 2.01. The molecule has 8 heavy (non-hydrogen) atoms. The molecule has 0 saturated carbocycles. The van der Waals surface area contributed by atoms with Gasteiger partial charge < -0.3 is 0 Å². The zero-order valence-electron chi connectivity index (χ0n) is 4.12. The van der Waals surface area contributed by atoms with Crippen LogP contribution < -0.4 is 0 Å². The number of allylic oxidation sites excluding steroid dienone is 4. The second-order valence-electron chi connectivity index (χ2n) is 1.47. The molecule has 1 aliphatic rings. The van der Waals surface area contributed by atoms with Gasteiger partial charge >= 0.3 is 0 Å². The zero-order valence-corrected chi connectivity index (χ0v) is 5.63. The minimum absolute atomic E-state index is 0.606. The van der Waals surface area contributed by atoms with Crippen LogP contribution in [0.25, 0.3) is 0 Å². The summed E-state index contributed by atoms with van der Waals surface area (Å²) in [4.78, 5) is 0. The average Bonchev–Trinajstić information content (AvgIpc) is 1.77. The summed E-state index contributed by atoms with van der Waals surface area (Å²) in [5.41, 5.74) is 0. The molecule has 1 rings (SSSR count). The molecule has 0 spiro atoms. The third-order valence-electron chi connectivity index (χ3n) is 0.868. The molecule has 0 atom stereocenters. The van der Waals surface area contributed by atoms with Gasteiger partial charge in [0.05, 0.1) is 5.03 Å². The summed E-state index contributed by atoms with van der Waals surface area (Å²) in [5.74, 6) is 0. The summed E-state index contributed by atoms with van der Waals surface area (Å²) >= 11 is 11.2. The summed E-state index contributed by atoms with van der Waals surface area (Å²) < 4.78 is 0. The highest BCUT2D eigenvalue weighted by atomic mass is 35.5. The molecular weight excluding hydrogens is 143 g/mol. The summed E-state index contributed by atoms with van der Waals surface area (Å²) in [5, 5.41) is 1.31. The van der Waals surface area contributed by atoms with Crippen LogP contribution in [0.2, 0.25) is 0 Å². The van der Waals surface area contributed by atoms with Crippen molar-refractivity contribution >= 4 is 23.2 Å². The second kappa shape index (κ2) is 2.56. The molecule has 0 aromatic heterocycles. The van der Waals surface area contributed by atoms with Crippen LogP contribution in [0.5, 0.6) is 0 Å². The Kier molecular flexibility index (Phi) is 1.98. The van der Waals surface area contributed by atoms with E-state index in [1.807, 2.05) is 6.42 Å². The van der Waals surface area contributed by atoms with E-state index >= 15 is 0 Å². The molecule has 2 radical (unpaired) electrons. The minimum atomic E-state index is 0.606. The Hall–Kier alpha value is 0.0600. The van der Waals surface area contributed by atoms with E-state index in [-0.39, 0.29) is 0 Å². The van der Waals surface area contributed by atoms with Crippen molar-refractivity contribution in [2.45, 2.75) is 6.42 Å². The lowest BCUT2D eigenvalue weighted by atomic mass is 10.2. The summed E-state index contributed by atoms with van der Waals surface area (Å²) in [7, 11) is 0. The predicted octanol–water partition coefficient (Wildman–Crippen LogP) is 2.64. The lowest BCUT2D eigenvalue weighted by Gasteiger charge is -2.00. The van der Waals surface area contributed by atoms with Gasteiger partial charge in [-0.05, 0) is 25.0 Å². The highest BCUT2D eigenvalue weighted by Crippen LogP contribution is 2.23. The monoisotopic (exact) mass is 146 g/mol. The van der Waals surface area contributed by atoms with Crippen molar-refractivity contribution in [1.29, 1.82) is 0 Å². The first kappa shape index (κ1) is 6.18. The first-order valence-electron chi connectivity index (χ1n) is 2.26. The van der Waals surface area contributed by atoms with E-state index < -0.39 is 0 Å². The minimum Gasteiger partial charge on any atom is -0.0875 e. The van der Waals surface area contributed by atoms with Crippen molar-refractivity contribution < 1.29 is 0 Å². The lowest BCUT2D eigenvalue weighted by molar-refractivity contribution is 1.21. The van der Waals surface area contributed by atoms with Crippen molar-refractivity contribution in [2.24, 2.45) is 0 Å². The molecule has 0 nitrogen and oxygen atoms in total. The van der Waals surface area contributed by atoms with Crippen molar-refractivity contribution in [3.05, 3.63) is 28.6 Å². The fraction of sp³-hybridized carbons (Fsp3) is 0.167. The Morgan fingerprint density at radius 1 is 1.50 bits per heavy atom. The van der Waals surface area contributed by atoms with Gasteiger partial charge in [-0.15, -0.1) is 0 Å². The fourth-order valence-electron chi connectivity index (χ4n) is 0.456. The molecule has 0 N–H and O–H groups in total. The maximum absolute atomic E-state index is 5.61. The third-order valence-corrected chi connectivity index (χ3v) is 1.66. The van der Waals surface area contributed by atoms with Crippen LogP contribution in [0.4, 0.5) is 0 Å². The van der Waals surface area contributed by atoms with Gasteiger partial charge in [-0.2, -0.15) is 0 Å². The fourth-order valence-corrected chi connectivity index (χ4v) is 0.728. The van der Waals surface area contributed by atoms with Gasteiger partial charge in [-0.3, -0.25) is 0 Å². The van der Waals surface area contributed by atoms with Crippen molar-refractivity contribution in [2.75, 3.05) is 0 Å². The smallest absolute Gasteiger partial charge is 0.0554 e. The Labute approximate surface area is 58.8 Å². The summed E-state index contributed by atoms with van der Waals surface area (Å²) in [6, 6.07) is 0. The van der Waals surface area contributed by atoms with Crippen molar-refractivity contribution in [3.63, 3.8) is 0 Å². The first-order chi connectivity index (χ1) is 3.80. The average molecular weight is 147 g/mol. The normalized spacial score (nSPS) is 19.8. The molecule has 42 valence electrons. The molecule has 0 heterocycles. The molecule has 0 aromatic carbocycles. The molecule has 0 bridgehead atoms. The Morgan fingerprint density at radius 2 is 2.25 bits per heavy atom. The maximum atomic E-state index is 5.61. The summed E-state index contributed by atoms with van der Waals surface area (Å²) in [6.07, 6.45) is 7.06. The Balaban J connectivity index is 2.76. The standard InChI is InChI=1S/C6H4Cl2/c7-5-3-1-2-4-6(5)8/h1,4H,3H2. The van der Waals surface area contributed by atoms with Crippen LogP contribution in [-0.2, 0) is 0 Å². The van der Waals surface area contributed by atoms with Gasteiger partial charge in [0.15, 0.2) is 0 Å². The van der Waals surface area contributed by atoms with E-state index in [4.69, 9.17) is 23.2 Å². The van der Waals surface area contributed by atoms with E-state index in [1.165, 1.54) is 0 Å². The number of hydrogen-bond acceptors (Lipinski definition) is 0. The Morgan fingerprint density at radius 3 is 2.62 bits per heavy atom. The molecule has 0 unspecified atom stereocenters. The van der Waals surface area contributed by atoms with Crippen LogP contribution in [0, 0.1) is 12.5 Å². The van der Waals surface area contributed by atoms with Crippen LogP contribution in [0.15, 0.2) is 16.1 Å². The number of halogens is 2. The van der Waals surface area contributed by atoms with Gasteiger partial charge in [0, 0.05) is 5.03 Å². The lowest BCUT2D eigenvalue weighted by Crippen LogP contribution is -1.83. The molecule has 2 heteroatoms. The van der Waals surface area contributed by atoms with E-state index in [0.717, 1.165) is 6.42 Å². The van der Waals surface area contributed by atoms with Crippen LogP contribution in [0.3, 0.4) is 0 Å². The van der Waals surface area contributed by atoms with E-state index in [0.29, 0.717) is 10.1 Å². The molecular formula is C6H4Cl2. The molecule has 0 saturated heterocycles. The predicted molar refractivity (Wildman–Crippen MR) is 35.5 cm³/mol. The SMILES string of the molecule is ClC1=C(Cl)C[CH][C]=C1. The zero-order chi connectivity index (χ0) is 5.98. The van der Waals surface area contributed by atoms with Gasteiger partial charge in [0.1, 0.15) is 0 Å². The molecule has 0 fully saturated rings. The number of hydrogen-bond donors (Lipinski definition) is 0. The van der Waals surface area contributed by atoms with Gasteiger partial charge in [-0.1, -0.05) is 23.2 Å². The molecule has 0 amide bonds. The topological polar surface area (TPSA) is 0 Å². The maximum Gasteiger partial charge on any atom is 0.0554 e. The van der Waals surface area contributed by atoms with Crippen molar-refractivity contribution in [1.82, 2.24) is 0 Å². The van der Waals surface area contributed by atoms with Crippen LogP contribution >= 0.6 is 23.2 Å². The highest BCUT2D eigenvalue weighted by molar-refractivity contribution is 6.40. The second-order valence-corrected chi connectivity index (χ2v) is 2.34. The van der Waals surface area contributed by atoms with Crippen LogP contribution in [-0.4, -0.2) is 0 Å². The first-order valence-corrected chi connectivity index (χ1v) is 3.01. The van der Waals surface area contributed by atoms with Crippen LogP contribution in [0.1, 0.15) is 6.42 Å². The van der Waals surface area contributed by atoms with E-state index in [2.05, 4.69) is 6.08 Å². The quantitative estimate of drug-likeness (QED) is 0.494. The largest absolute Gasteiger partial charge is 0.0875 e. The van der Waals surface area contributed by atoms with Gasteiger partial charge in [0.25, 0.3) is 0 Å². The van der Waals surface area contributed by atoms with Gasteiger partial charge in [-0.25, -0.2) is 0 Å².